The summed E-state index contributed by atoms with van der Waals surface area (Å²) in [6.45, 7) is 2.21. The van der Waals surface area contributed by atoms with Crippen molar-refractivity contribution in [1.82, 2.24) is 25.3 Å². The molecule has 1 aromatic heterocycles. The quantitative estimate of drug-likeness (QED) is 0.329. The molecule has 0 spiro atoms. The highest BCUT2D eigenvalue weighted by Gasteiger charge is 2.18. The zero-order valence-electron chi connectivity index (χ0n) is 17.6. The Labute approximate surface area is 190 Å². The molecule has 1 saturated heterocycles. The summed E-state index contributed by atoms with van der Waals surface area (Å²) in [5.41, 5.74) is 0.945. The van der Waals surface area contributed by atoms with Crippen LogP contribution >= 0.6 is 24.0 Å². The van der Waals surface area contributed by atoms with Crippen LogP contribution < -0.4 is 10.6 Å². The maximum Gasteiger partial charge on any atom is 0.241 e. The lowest BCUT2D eigenvalue weighted by molar-refractivity contribution is -0.127. The number of aliphatic imine (C=N–C) groups is 1. The van der Waals surface area contributed by atoms with Crippen molar-refractivity contribution in [3.05, 3.63) is 18.0 Å². The SMILES string of the molecule is CN(C)C(=O)CNC(=NCc1ccn(C2CCCC2)n1)NCC1CCCCO1.I. The monoisotopic (exact) mass is 518 g/mol. The highest BCUT2D eigenvalue weighted by atomic mass is 127. The number of carbonyl (C=O) groups is 1. The van der Waals surface area contributed by atoms with E-state index < -0.39 is 0 Å². The fraction of sp³-hybridized carbons (Fsp3) is 0.750. The highest BCUT2D eigenvalue weighted by molar-refractivity contribution is 14.0. The first-order valence-electron chi connectivity index (χ1n) is 10.5. The van der Waals surface area contributed by atoms with Crippen molar-refractivity contribution in [2.45, 2.75) is 63.6 Å². The molecule has 2 aliphatic rings. The van der Waals surface area contributed by atoms with Crippen LogP contribution in [0, 0.1) is 0 Å². The van der Waals surface area contributed by atoms with Crippen LogP contribution in [-0.4, -0.2) is 66.4 Å². The standard InChI is InChI=1S/C20H34N6O2.HI/c1-25(2)19(27)15-23-20(22-14-18-9-5-6-12-28-18)21-13-16-10-11-26(24-16)17-7-3-4-8-17;/h10-11,17-18H,3-9,12-15H2,1-2H3,(H2,21,22,23);1H. The third-order valence-corrected chi connectivity index (χ3v) is 5.44. The van der Waals surface area contributed by atoms with E-state index in [0.29, 0.717) is 25.1 Å². The van der Waals surface area contributed by atoms with E-state index in [9.17, 15) is 4.79 Å². The van der Waals surface area contributed by atoms with E-state index in [4.69, 9.17) is 9.84 Å². The lowest BCUT2D eigenvalue weighted by Crippen LogP contribution is -2.45. The van der Waals surface area contributed by atoms with Crippen LogP contribution in [0.3, 0.4) is 0 Å². The number of aromatic nitrogens is 2. The molecule has 1 atom stereocenters. The highest BCUT2D eigenvalue weighted by Crippen LogP contribution is 2.28. The zero-order valence-corrected chi connectivity index (χ0v) is 19.9. The molecule has 2 fully saturated rings. The van der Waals surface area contributed by atoms with Gasteiger partial charge in [-0.05, 0) is 38.2 Å². The molecule has 3 rings (SSSR count). The number of guanidine groups is 1. The van der Waals surface area contributed by atoms with E-state index in [1.165, 1.54) is 32.1 Å². The maximum atomic E-state index is 11.9. The second-order valence-corrected chi connectivity index (χ2v) is 7.90. The van der Waals surface area contributed by atoms with Gasteiger partial charge in [-0.3, -0.25) is 9.48 Å². The van der Waals surface area contributed by atoms with Crippen LogP contribution in [0.25, 0.3) is 0 Å². The molecule has 2 N–H and O–H groups in total. The molecule has 0 aromatic carbocycles. The Balaban J connectivity index is 0.00000300. The van der Waals surface area contributed by atoms with Gasteiger partial charge in [0.2, 0.25) is 5.91 Å². The fourth-order valence-corrected chi connectivity index (χ4v) is 3.66. The molecule has 9 heteroatoms. The van der Waals surface area contributed by atoms with Crippen LogP contribution in [0.1, 0.15) is 56.7 Å². The molecular weight excluding hydrogens is 483 g/mol. The fourth-order valence-electron chi connectivity index (χ4n) is 3.66. The van der Waals surface area contributed by atoms with Crippen molar-refractivity contribution in [1.29, 1.82) is 0 Å². The van der Waals surface area contributed by atoms with Gasteiger partial charge in [-0.2, -0.15) is 5.10 Å². The van der Waals surface area contributed by atoms with E-state index >= 15 is 0 Å². The summed E-state index contributed by atoms with van der Waals surface area (Å²) >= 11 is 0. The molecule has 1 aromatic rings. The molecule has 164 valence electrons. The molecule has 8 nitrogen and oxygen atoms in total. The Hall–Kier alpha value is -1.36. The summed E-state index contributed by atoms with van der Waals surface area (Å²) in [4.78, 5) is 18.1. The number of carbonyl (C=O) groups excluding carboxylic acids is 1. The minimum Gasteiger partial charge on any atom is -0.376 e. The first-order valence-corrected chi connectivity index (χ1v) is 10.5. The number of ether oxygens (including phenoxy) is 1. The van der Waals surface area contributed by atoms with Crippen LogP contribution in [-0.2, 0) is 16.1 Å². The number of likely N-dealkylation sites (N-methyl/N-ethyl adjacent to an activating group) is 1. The summed E-state index contributed by atoms with van der Waals surface area (Å²) in [6.07, 6.45) is 10.7. The Morgan fingerprint density at radius 2 is 2.00 bits per heavy atom. The molecular formula is C20H35IN6O2. The van der Waals surface area contributed by atoms with Gasteiger partial charge in [-0.1, -0.05) is 12.8 Å². The summed E-state index contributed by atoms with van der Waals surface area (Å²) in [7, 11) is 3.50. The van der Waals surface area contributed by atoms with Crippen molar-refractivity contribution >= 4 is 35.8 Å². The van der Waals surface area contributed by atoms with Gasteiger partial charge in [0.25, 0.3) is 0 Å². The largest absolute Gasteiger partial charge is 0.376 e. The Bertz CT molecular complexity index is 651. The molecule has 29 heavy (non-hydrogen) atoms. The van der Waals surface area contributed by atoms with Crippen molar-refractivity contribution < 1.29 is 9.53 Å². The van der Waals surface area contributed by atoms with Crippen molar-refractivity contribution in [3.63, 3.8) is 0 Å². The molecule has 1 saturated carbocycles. The minimum atomic E-state index is 0. The van der Waals surface area contributed by atoms with E-state index in [1.54, 1.807) is 19.0 Å². The molecule has 1 amide bonds. The Morgan fingerprint density at radius 1 is 1.24 bits per heavy atom. The molecule has 2 heterocycles. The van der Waals surface area contributed by atoms with Gasteiger partial charge in [0.1, 0.15) is 0 Å². The number of hydrogen-bond donors (Lipinski definition) is 2. The van der Waals surface area contributed by atoms with Gasteiger partial charge in [-0.25, -0.2) is 4.99 Å². The maximum absolute atomic E-state index is 11.9. The molecule has 0 radical (unpaired) electrons. The summed E-state index contributed by atoms with van der Waals surface area (Å²) in [6, 6.07) is 2.57. The number of rotatable bonds is 7. The number of amides is 1. The lowest BCUT2D eigenvalue weighted by Gasteiger charge is -2.24. The first-order chi connectivity index (χ1) is 13.6. The number of hydrogen-bond acceptors (Lipinski definition) is 4. The molecule has 0 bridgehead atoms. The van der Waals surface area contributed by atoms with Crippen molar-refractivity contribution in [3.8, 4) is 0 Å². The normalized spacial score (nSPS) is 20.2. The van der Waals surface area contributed by atoms with E-state index in [2.05, 4.69) is 26.5 Å². The average molecular weight is 518 g/mol. The van der Waals surface area contributed by atoms with Gasteiger partial charge in [0.05, 0.1) is 30.9 Å². The van der Waals surface area contributed by atoms with Crippen LogP contribution in [0.4, 0.5) is 0 Å². The number of nitrogens with one attached hydrogen (secondary N) is 2. The van der Waals surface area contributed by atoms with Crippen LogP contribution in [0.2, 0.25) is 0 Å². The molecule has 1 aliphatic heterocycles. The Morgan fingerprint density at radius 3 is 2.69 bits per heavy atom. The number of halogens is 1. The zero-order chi connectivity index (χ0) is 19.8. The topological polar surface area (TPSA) is 83.8 Å². The van der Waals surface area contributed by atoms with Crippen LogP contribution in [0.15, 0.2) is 17.3 Å². The van der Waals surface area contributed by atoms with E-state index in [-0.39, 0.29) is 42.5 Å². The van der Waals surface area contributed by atoms with Gasteiger partial charge in [-0.15, -0.1) is 24.0 Å². The van der Waals surface area contributed by atoms with E-state index in [1.807, 2.05) is 6.07 Å². The van der Waals surface area contributed by atoms with E-state index in [0.717, 1.165) is 25.1 Å². The number of nitrogens with zero attached hydrogens (tertiary/aromatic N) is 4. The smallest absolute Gasteiger partial charge is 0.241 e. The first kappa shape index (κ1) is 23.9. The third-order valence-electron chi connectivity index (χ3n) is 5.44. The van der Waals surface area contributed by atoms with Crippen molar-refractivity contribution in [2.75, 3.05) is 33.8 Å². The predicted octanol–water partition coefficient (Wildman–Crippen LogP) is 2.31. The van der Waals surface area contributed by atoms with Gasteiger partial charge < -0.3 is 20.3 Å². The summed E-state index contributed by atoms with van der Waals surface area (Å²) in [5, 5.41) is 11.1. The minimum absolute atomic E-state index is 0. The third kappa shape index (κ3) is 7.76. The van der Waals surface area contributed by atoms with Crippen LogP contribution in [0.5, 0.6) is 0 Å². The van der Waals surface area contributed by atoms with Crippen molar-refractivity contribution in [2.24, 2.45) is 4.99 Å². The van der Waals surface area contributed by atoms with Gasteiger partial charge in [0, 0.05) is 33.4 Å². The average Bonchev–Trinajstić information content (AvgIpc) is 3.39. The van der Waals surface area contributed by atoms with Gasteiger partial charge in [0.15, 0.2) is 5.96 Å². The second-order valence-electron chi connectivity index (χ2n) is 7.90. The summed E-state index contributed by atoms with van der Waals surface area (Å²) < 4.78 is 7.87. The molecule has 1 aliphatic carbocycles. The predicted molar refractivity (Wildman–Crippen MR) is 125 cm³/mol. The van der Waals surface area contributed by atoms with Gasteiger partial charge >= 0.3 is 0 Å². The summed E-state index contributed by atoms with van der Waals surface area (Å²) in [5.74, 6) is 0.633. The molecule has 1 unspecified atom stereocenters. The lowest BCUT2D eigenvalue weighted by atomic mass is 10.1. The second kappa shape index (κ2) is 12.4. The Kier molecular flexibility index (Phi) is 10.2.